The molecule has 14 heavy (non-hydrogen) atoms. The molecular formula is C9H15N5. The van der Waals surface area contributed by atoms with Crippen molar-refractivity contribution in [2.45, 2.75) is 25.8 Å². The van der Waals surface area contributed by atoms with Gasteiger partial charge in [0.25, 0.3) is 0 Å². The van der Waals surface area contributed by atoms with E-state index in [-0.39, 0.29) is 0 Å². The van der Waals surface area contributed by atoms with E-state index in [1.54, 1.807) is 12.4 Å². The van der Waals surface area contributed by atoms with Crippen LogP contribution in [0.15, 0.2) is 12.4 Å². The van der Waals surface area contributed by atoms with Gasteiger partial charge in [-0.3, -0.25) is 4.98 Å². The van der Waals surface area contributed by atoms with Gasteiger partial charge in [-0.25, -0.2) is 10.8 Å². The average Bonchev–Trinajstić information content (AvgIpc) is 2.16. The Morgan fingerprint density at radius 2 is 2.07 bits per heavy atom. The summed E-state index contributed by atoms with van der Waals surface area (Å²) in [5, 5.41) is 3.31. The molecule has 0 aromatic carbocycles. The standard InChI is InChI=1S/C9H15N5/c1-6-2-7(3-6)12-8-4-11-5-9(13-8)14-10/h4-7H,2-3,10H2,1H3,(H2,12,13,14). The zero-order valence-corrected chi connectivity index (χ0v) is 8.20. The number of nitrogens with two attached hydrogens (primary N) is 1. The number of anilines is 2. The minimum absolute atomic E-state index is 0.548. The van der Waals surface area contributed by atoms with Crippen LogP contribution in [0.1, 0.15) is 19.8 Å². The van der Waals surface area contributed by atoms with Crippen molar-refractivity contribution in [3.8, 4) is 0 Å². The topological polar surface area (TPSA) is 75.9 Å². The first-order valence-corrected chi connectivity index (χ1v) is 4.83. The molecule has 0 bridgehead atoms. The van der Waals surface area contributed by atoms with Gasteiger partial charge in [-0.15, -0.1) is 0 Å². The number of nitrogen functional groups attached to an aromatic ring is 1. The van der Waals surface area contributed by atoms with Gasteiger partial charge in [0.05, 0.1) is 12.4 Å². The van der Waals surface area contributed by atoms with Crippen LogP contribution >= 0.6 is 0 Å². The van der Waals surface area contributed by atoms with Crippen molar-refractivity contribution in [1.29, 1.82) is 0 Å². The Labute approximate surface area is 83.1 Å². The molecule has 1 aromatic heterocycles. The van der Waals surface area contributed by atoms with Crippen LogP contribution in [0.2, 0.25) is 0 Å². The molecule has 0 atom stereocenters. The normalized spacial score (nSPS) is 25.3. The van der Waals surface area contributed by atoms with Gasteiger partial charge in [-0.1, -0.05) is 6.92 Å². The lowest BCUT2D eigenvalue weighted by molar-refractivity contribution is 0.308. The molecule has 1 aliphatic carbocycles. The maximum absolute atomic E-state index is 5.24. The Bertz CT molecular complexity index is 308. The summed E-state index contributed by atoms with van der Waals surface area (Å²) in [6.07, 6.45) is 5.72. The van der Waals surface area contributed by atoms with Crippen LogP contribution in [0.4, 0.5) is 11.6 Å². The van der Waals surface area contributed by atoms with Gasteiger partial charge < -0.3 is 10.7 Å². The van der Waals surface area contributed by atoms with E-state index in [0.29, 0.717) is 11.9 Å². The summed E-state index contributed by atoms with van der Waals surface area (Å²) in [6, 6.07) is 0.548. The Morgan fingerprint density at radius 1 is 1.36 bits per heavy atom. The van der Waals surface area contributed by atoms with Crippen molar-refractivity contribution < 1.29 is 0 Å². The van der Waals surface area contributed by atoms with E-state index >= 15 is 0 Å². The molecule has 1 heterocycles. The summed E-state index contributed by atoms with van der Waals surface area (Å²) in [5.41, 5.74) is 2.47. The summed E-state index contributed by atoms with van der Waals surface area (Å²) < 4.78 is 0. The van der Waals surface area contributed by atoms with E-state index in [9.17, 15) is 0 Å². The molecule has 76 valence electrons. The first-order valence-electron chi connectivity index (χ1n) is 4.83. The highest BCUT2D eigenvalue weighted by Crippen LogP contribution is 2.28. The van der Waals surface area contributed by atoms with Crippen LogP contribution in [0, 0.1) is 5.92 Å². The Hall–Kier alpha value is -1.36. The fourth-order valence-electron chi connectivity index (χ4n) is 1.73. The van der Waals surface area contributed by atoms with E-state index in [1.807, 2.05) is 0 Å². The summed E-state index contributed by atoms with van der Waals surface area (Å²) >= 11 is 0. The smallest absolute Gasteiger partial charge is 0.160 e. The average molecular weight is 193 g/mol. The number of hydrogen-bond donors (Lipinski definition) is 3. The molecule has 0 unspecified atom stereocenters. The highest BCUT2D eigenvalue weighted by molar-refractivity contribution is 5.41. The predicted molar refractivity (Wildman–Crippen MR) is 55.7 cm³/mol. The summed E-state index contributed by atoms with van der Waals surface area (Å²) in [5.74, 6) is 7.44. The van der Waals surface area contributed by atoms with Gasteiger partial charge in [-0.05, 0) is 18.8 Å². The second-order valence-electron chi connectivity index (χ2n) is 3.85. The SMILES string of the molecule is CC1CC(Nc2cncc(NN)n2)C1. The lowest BCUT2D eigenvalue weighted by Crippen LogP contribution is -2.34. The highest BCUT2D eigenvalue weighted by atomic mass is 15.3. The monoisotopic (exact) mass is 193 g/mol. The van der Waals surface area contributed by atoms with E-state index in [0.717, 1.165) is 11.7 Å². The van der Waals surface area contributed by atoms with Crippen LogP contribution in [0.5, 0.6) is 0 Å². The third-order valence-electron chi connectivity index (χ3n) is 2.51. The maximum atomic E-state index is 5.24. The van der Waals surface area contributed by atoms with Crippen molar-refractivity contribution in [2.24, 2.45) is 11.8 Å². The highest BCUT2D eigenvalue weighted by Gasteiger charge is 2.25. The largest absolute Gasteiger partial charge is 0.366 e. The fourth-order valence-corrected chi connectivity index (χ4v) is 1.73. The van der Waals surface area contributed by atoms with Crippen molar-refractivity contribution in [3.63, 3.8) is 0 Å². The van der Waals surface area contributed by atoms with Gasteiger partial charge in [-0.2, -0.15) is 0 Å². The van der Waals surface area contributed by atoms with Crippen molar-refractivity contribution in [2.75, 3.05) is 10.7 Å². The number of aromatic nitrogens is 2. The van der Waals surface area contributed by atoms with Gasteiger partial charge in [0, 0.05) is 6.04 Å². The molecular weight excluding hydrogens is 178 g/mol. The van der Waals surface area contributed by atoms with Crippen LogP contribution in [0.25, 0.3) is 0 Å². The quantitative estimate of drug-likeness (QED) is 0.492. The number of nitrogens with zero attached hydrogens (tertiary/aromatic N) is 2. The van der Waals surface area contributed by atoms with Crippen molar-refractivity contribution >= 4 is 11.6 Å². The molecule has 2 rings (SSSR count). The summed E-state index contributed by atoms with van der Waals surface area (Å²) in [4.78, 5) is 8.25. The van der Waals surface area contributed by atoms with E-state index in [1.165, 1.54) is 12.8 Å². The lowest BCUT2D eigenvalue weighted by atomic mass is 9.82. The van der Waals surface area contributed by atoms with Gasteiger partial charge in [0.15, 0.2) is 5.82 Å². The van der Waals surface area contributed by atoms with E-state index in [2.05, 4.69) is 27.6 Å². The van der Waals surface area contributed by atoms with Crippen LogP contribution in [-0.2, 0) is 0 Å². The first kappa shape index (κ1) is 9.21. The molecule has 0 radical (unpaired) electrons. The number of hydrazine groups is 1. The number of rotatable bonds is 3. The Morgan fingerprint density at radius 3 is 2.71 bits per heavy atom. The van der Waals surface area contributed by atoms with Crippen LogP contribution < -0.4 is 16.6 Å². The Balaban J connectivity index is 1.95. The zero-order chi connectivity index (χ0) is 9.97. The predicted octanol–water partition coefficient (Wildman–Crippen LogP) is 0.973. The molecule has 1 fully saturated rings. The molecule has 0 amide bonds. The lowest BCUT2D eigenvalue weighted by Gasteiger charge is -2.33. The number of hydrogen-bond acceptors (Lipinski definition) is 5. The Kier molecular flexibility index (Phi) is 2.49. The molecule has 5 nitrogen and oxygen atoms in total. The summed E-state index contributed by atoms with van der Waals surface area (Å²) in [6.45, 7) is 2.25. The minimum atomic E-state index is 0.548. The molecule has 1 aliphatic rings. The molecule has 0 aliphatic heterocycles. The molecule has 5 heteroatoms. The third kappa shape index (κ3) is 1.93. The van der Waals surface area contributed by atoms with E-state index < -0.39 is 0 Å². The molecule has 4 N–H and O–H groups in total. The van der Waals surface area contributed by atoms with E-state index in [4.69, 9.17) is 5.84 Å². The minimum Gasteiger partial charge on any atom is -0.366 e. The van der Waals surface area contributed by atoms with Gasteiger partial charge in [0.2, 0.25) is 0 Å². The molecule has 0 spiro atoms. The molecule has 1 saturated carbocycles. The van der Waals surface area contributed by atoms with Gasteiger partial charge >= 0.3 is 0 Å². The fraction of sp³-hybridized carbons (Fsp3) is 0.556. The summed E-state index contributed by atoms with van der Waals surface area (Å²) in [7, 11) is 0. The van der Waals surface area contributed by atoms with Crippen molar-refractivity contribution in [1.82, 2.24) is 9.97 Å². The third-order valence-corrected chi connectivity index (χ3v) is 2.51. The zero-order valence-electron chi connectivity index (χ0n) is 8.20. The van der Waals surface area contributed by atoms with Crippen LogP contribution in [0.3, 0.4) is 0 Å². The second kappa shape index (κ2) is 3.79. The maximum Gasteiger partial charge on any atom is 0.160 e. The molecule has 0 saturated heterocycles. The first-order chi connectivity index (χ1) is 6.78. The van der Waals surface area contributed by atoms with Crippen molar-refractivity contribution in [3.05, 3.63) is 12.4 Å². The number of nitrogens with one attached hydrogen (secondary N) is 2. The second-order valence-corrected chi connectivity index (χ2v) is 3.85. The van der Waals surface area contributed by atoms with Crippen LogP contribution in [-0.4, -0.2) is 16.0 Å². The van der Waals surface area contributed by atoms with Gasteiger partial charge in [0.1, 0.15) is 5.82 Å². The molecule has 1 aromatic rings.